The Hall–Kier alpha value is 0.137. The second-order valence-corrected chi connectivity index (χ2v) is 11.0. The topological polar surface area (TPSA) is 21.3 Å². The lowest BCUT2D eigenvalue weighted by molar-refractivity contribution is 0.311. The van der Waals surface area contributed by atoms with Gasteiger partial charge in [0.15, 0.2) is 0 Å². The summed E-state index contributed by atoms with van der Waals surface area (Å²) in [5, 5.41) is 0.409. The Labute approximate surface area is 90.6 Å². The van der Waals surface area contributed by atoms with Crippen LogP contribution in [0.2, 0.25) is 10.1 Å². The van der Waals surface area contributed by atoms with Gasteiger partial charge in [-0.15, -0.1) is 0 Å². The maximum absolute atomic E-state index is 5.94. The van der Waals surface area contributed by atoms with E-state index >= 15 is 0 Å². The van der Waals surface area contributed by atoms with E-state index in [-0.39, 0.29) is 10.1 Å². The number of hydrogen-bond acceptors (Lipinski definition) is 2. The highest BCUT2D eigenvalue weighted by molar-refractivity contribution is 6.77. The normalized spacial score (nSPS) is 14.6. The quantitative estimate of drug-likeness (QED) is 0.733. The lowest BCUT2D eigenvalue weighted by Gasteiger charge is -2.49. The van der Waals surface area contributed by atoms with Gasteiger partial charge in [0.25, 0.3) is 8.48 Å². The van der Waals surface area contributed by atoms with Crippen molar-refractivity contribution in [2.75, 3.05) is 13.7 Å². The van der Waals surface area contributed by atoms with Crippen molar-refractivity contribution < 1.29 is 4.43 Å². The molecule has 0 aromatic carbocycles. The van der Waals surface area contributed by atoms with E-state index in [9.17, 15) is 0 Å². The van der Waals surface area contributed by atoms with Gasteiger partial charge in [0.05, 0.1) is 0 Å². The van der Waals surface area contributed by atoms with Crippen LogP contribution in [-0.2, 0) is 4.43 Å². The van der Waals surface area contributed by atoms with E-state index in [1.54, 1.807) is 0 Å². The van der Waals surface area contributed by atoms with E-state index in [1.807, 2.05) is 7.11 Å². The van der Waals surface area contributed by atoms with E-state index in [4.69, 9.17) is 4.43 Å². The van der Waals surface area contributed by atoms with Gasteiger partial charge in [-0.25, -0.2) is 0 Å². The van der Waals surface area contributed by atoms with Gasteiger partial charge in [-0.3, -0.25) is 0 Å². The van der Waals surface area contributed by atoms with Gasteiger partial charge in [-0.1, -0.05) is 48.5 Å². The van der Waals surface area contributed by atoms with Gasteiger partial charge in [-0.2, -0.15) is 0 Å². The van der Waals surface area contributed by atoms with Gasteiger partial charge in [0, 0.05) is 7.11 Å². The fourth-order valence-electron chi connectivity index (χ4n) is 2.59. The summed E-state index contributed by atoms with van der Waals surface area (Å²) in [6.45, 7) is 16.8. The third kappa shape index (κ3) is 2.38. The Morgan fingerprint density at radius 1 is 1.00 bits per heavy atom. The zero-order chi connectivity index (χ0) is 11.6. The Balaban J connectivity index is 5.21. The van der Waals surface area contributed by atoms with E-state index in [0.29, 0.717) is 0 Å². The molecule has 0 aliphatic rings. The monoisotopic (exact) mass is 217 g/mol. The minimum atomic E-state index is -1.92. The molecule has 0 spiro atoms. The second kappa shape index (κ2) is 4.33. The molecule has 0 aliphatic carbocycles. The van der Waals surface area contributed by atoms with Crippen LogP contribution in [0.1, 0.15) is 48.5 Å². The molecule has 0 atom stereocenters. The van der Waals surface area contributed by atoms with Gasteiger partial charge in [0.1, 0.15) is 0 Å². The molecule has 14 heavy (non-hydrogen) atoms. The fourth-order valence-corrected chi connectivity index (χ4v) is 7.77. The standard InChI is InChI=1S/C11H27NOSi/c1-9-12-14(13-8,10(2,3)4)11(5,6)7/h12H,9H2,1-8H3. The van der Waals surface area contributed by atoms with Crippen LogP contribution in [0.4, 0.5) is 0 Å². The maximum atomic E-state index is 5.94. The molecule has 3 heteroatoms. The molecule has 0 heterocycles. The number of hydrogen-bond donors (Lipinski definition) is 1. The molecule has 0 fully saturated rings. The summed E-state index contributed by atoms with van der Waals surface area (Å²) < 4.78 is 5.94. The molecule has 0 aromatic heterocycles. The SMILES string of the molecule is CCN[Si](OC)(C(C)(C)C)C(C)(C)C. The molecule has 0 unspecified atom stereocenters. The Morgan fingerprint density at radius 3 is 1.43 bits per heavy atom. The first-order valence-corrected chi connectivity index (χ1v) is 7.33. The largest absolute Gasteiger partial charge is 0.406 e. The maximum Gasteiger partial charge on any atom is 0.279 e. The predicted molar refractivity (Wildman–Crippen MR) is 65.9 cm³/mol. The third-order valence-corrected chi connectivity index (χ3v) is 8.53. The van der Waals surface area contributed by atoms with Crippen molar-refractivity contribution in [1.29, 1.82) is 0 Å². The van der Waals surface area contributed by atoms with E-state index in [2.05, 4.69) is 53.4 Å². The molecule has 86 valence electrons. The van der Waals surface area contributed by atoms with E-state index < -0.39 is 8.48 Å². The van der Waals surface area contributed by atoms with Crippen molar-refractivity contribution in [3.05, 3.63) is 0 Å². The summed E-state index contributed by atoms with van der Waals surface area (Å²) in [5.74, 6) is 0. The highest BCUT2D eigenvalue weighted by Gasteiger charge is 2.54. The van der Waals surface area contributed by atoms with Crippen LogP contribution < -0.4 is 4.98 Å². The van der Waals surface area contributed by atoms with Crippen LogP contribution in [0.3, 0.4) is 0 Å². The first kappa shape index (κ1) is 14.1. The van der Waals surface area contributed by atoms with Crippen LogP contribution in [0.25, 0.3) is 0 Å². The van der Waals surface area contributed by atoms with Crippen LogP contribution in [0, 0.1) is 0 Å². The number of rotatable bonds is 3. The van der Waals surface area contributed by atoms with Crippen LogP contribution >= 0.6 is 0 Å². The molecule has 0 saturated carbocycles. The Kier molecular flexibility index (Phi) is 4.37. The van der Waals surface area contributed by atoms with Crippen LogP contribution in [0.5, 0.6) is 0 Å². The average Bonchev–Trinajstić information content (AvgIpc) is 1.94. The third-order valence-electron chi connectivity index (χ3n) is 2.84. The molecule has 0 aromatic rings. The molecule has 0 rings (SSSR count). The minimum Gasteiger partial charge on any atom is -0.406 e. The fraction of sp³-hybridized carbons (Fsp3) is 1.00. The molecular weight excluding hydrogens is 190 g/mol. The zero-order valence-electron chi connectivity index (χ0n) is 11.1. The molecule has 1 N–H and O–H groups in total. The summed E-state index contributed by atoms with van der Waals surface area (Å²) >= 11 is 0. The summed E-state index contributed by atoms with van der Waals surface area (Å²) in [5.41, 5.74) is 0. The average molecular weight is 217 g/mol. The smallest absolute Gasteiger partial charge is 0.279 e. The second-order valence-electron chi connectivity index (χ2n) is 5.92. The van der Waals surface area contributed by atoms with E-state index in [0.717, 1.165) is 6.54 Å². The summed E-state index contributed by atoms with van der Waals surface area (Å²) in [6, 6.07) is 0. The van der Waals surface area contributed by atoms with Crippen molar-refractivity contribution in [3.8, 4) is 0 Å². The predicted octanol–water partition coefficient (Wildman–Crippen LogP) is 3.28. The van der Waals surface area contributed by atoms with Gasteiger partial charge < -0.3 is 9.41 Å². The number of nitrogens with one attached hydrogen (secondary N) is 1. The summed E-state index contributed by atoms with van der Waals surface area (Å²) in [6.07, 6.45) is 0. The zero-order valence-corrected chi connectivity index (χ0v) is 12.1. The lowest BCUT2D eigenvalue weighted by Crippen LogP contribution is -2.65. The molecule has 0 aliphatic heterocycles. The van der Waals surface area contributed by atoms with Crippen molar-refractivity contribution in [3.63, 3.8) is 0 Å². The summed E-state index contributed by atoms with van der Waals surface area (Å²) in [7, 11) is -0.0701. The van der Waals surface area contributed by atoms with E-state index in [1.165, 1.54) is 0 Å². The highest BCUT2D eigenvalue weighted by Crippen LogP contribution is 2.49. The molecule has 2 nitrogen and oxygen atoms in total. The molecule has 0 radical (unpaired) electrons. The first-order valence-electron chi connectivity index (χ1n) is 5.42. The van der Waals surface area contributed by atoms with Crippen molar-refractivity contribution >= 4 is 8.48 Å². The first-order chi connectivity index (χ1) is 6.12. The molecule has 0 amide bonds. The molecule has 0 bridgehead atoms. The van der Waals surface area contributed by atoms with Crippen molar-refractivity contribution in [2.45, 2.75) is 58.5 Å². The van der Waals surface area contributed by atoms with Gasteiger partial charge in [0.2, 0.25) is 0 Å². The van der Waals surface area contributed by atoms with Crippen LogP contribution in [0.15, 0.2) is 0 Å². The van der Waals surface area contributed by atoms with Crippen LogP contribution in [-0.4, -0.2) is 22.1 Å². The highest BCUT2D eigenvalue weighted by atomic mass is 28.4. The Morgan fingerprint density at radius 2 is 1.36 bits per heavy atom. The Bertz CT molecular complexity index is 165. The van der Waals surface area contributed by atoms with Gasteiger partial charge in [-0.05, 0) is 16.6 Å². The van der Waals surface area contributed by atoms with Crippen molar-refractivity contribution in [2.24, 2.45) is 0 Å². The minimum absolute atomic E-state index is 0.204. The summed E-state index contributed by atoms with van der Waals surface area (Å²) in [4.78, 5) is 3.64. The molecule has 0 saturated heterocycles. The van der Waals surface area contributed by atoms with Gasteiger partial charge >= 0.3 is 0 Å². The molecular formula is C11H27NOSi. The lowest BCUT2D eigenvalue weighted by atomic mass is 10.2. The van der Waals surface area contributed by atoms with Crippen molar-refractivity contribution in [1.82, 2.24) is 4.98 Å².